The Kier molecular flexibility index (Phi) is 7.48. The predicted molar refractivity (Wildman–Crippen MR) is 72.0 cm³/mol. The topological polar surface area (TPSA) is 107 Å². The molecule has 0 aromatic heterocycles. The standard InChI is InChI=1S/C12H19F3O7S/c1-4-11(2,3)10(17)22-7-9(16)21-6-5-8(13)12(14,15)23(18,19)20/h8H,4-7H2,1-3H3,(H,18,19,20). The van der Waals surface area contributed by atoms with Crippen LogP contribution in [0.3, 0.4) is 0 Å². The van der Waals surface area contributed by atoms with E-state index in [2.05, 4.69) is 9.47 Å². The van der Waals surface area contributed by atoms with E-state index in [1.807, 2.05) is 0 Å². The number of carbonyl (C=O) groups excluding carboxylic acids is 2. The van der Waals surface area contributed by atoms with E-state index in [0.717, 1.165) is 0 Å². The first-order valence-corrected chi connectivity index (χ1v) is 8.01. The highest BCUT2D eigenvalue weighted by Crippen LogP contribution is 2.29. The molecule has 0 heterocycles. The molecule has 1 atom stereocenters. The fourth-order valence-corrected chi connectivity index (χ4v) is 1.55. The Balaban J connectivity index is 4.26. The van der Waals surface area contributed by atoms with Gasteiger partial charge in [-0.05, 0) is 20.3 Å². The van der Waals surface area contributed by atoms with Crippen molar-refractivity contribution in [3.63, 3.8) is 0 Å². The predicted octanol–water partition coefficient (Wildman–Crippen LogP) is 1.72. The quantitative estimate of drug-likeness (QED) is 0.490. The Morgan fingerprint density at radius 2 is 1.74 bits per heavy atom. The molecule has 0 amide bonds. The summed E-state index contributed by atoms with van der Waals surface area (Å²) in [4.78, 5) is 22.8. The van der Waals surface area contributed by atoms with Crippen LogP contribution in [0.1, 0.15) is 33.6 Å². The molecule has 0 aliphatic rings. The maximum Gasteiger partial charge on any atom is 0.400 e. The monoisotopic (exact) mass is 364 g/mol. The number of rotatable bonds is 9. The van der Waals surface area contributed by atoms with Crippen LogP contribution in [0.25, 0.3) is 0 Å². The van der Waals surface area contributed by atoms with Gasteiger partial charge in [0.2, 0.25) is 0 Å². The summed E-state index contributed by atoms with van der Waals surface area (Å²) in [7, 11) is -5.91. The Hall–Kier alpha value is -1.36. The van der Waals surface area contributed by atoms with Crippen LogP contribution in [0, 0.1) is 5.41 Å². The summed E-state index contributed by atoms with van der Waals surface area (Å²) >= 11 is 0. The molecule has 0 saturated carbocycles. The summed E-state index contributed by atoms with van der Waals surface area (Å²) in [6.45, 7) is 3.25. The molecule has 0 spiro atoms. The number of halogens is 3. The Morgan fingerprint density at radius 1 is 1.22 bits per heavy atom. The summed E-state index contributed by atoms with van der Waals surface area (Å²) in [5.41, 5.74) is -0.818. The van der Waals surface area contributed by atoms with Gasteiger partial charge >= 0.3 is 27.3 Å². The lowest BCUT2D eigenvalue weighted by atomic mass is 9.91. The van der Waals surface area contributed by atoms with E-state index >= 15 is 0 Å². The lowest BCUT2D eigenvalue weighted by molar-refractivity contribution is -0.165. The van der Waals surface area contributed by atoms with Gasteiger partial charge in [0.25, 0.3) is 0 Å². The van der Waals surface area contributed by atoms with Crippen molar-refractivity contribution in [1.82, 2.24) is 0 Å². The van der Waals surface area contributed by atoms with Crippen molar-refractivity contribution < 1.29 is 45.2 Å². The third kappa shape index (κ3) is 6.34. The molecule has 0 aliphatic heterocycles. The molecular weight excluding hydrogens is 345 g/mol. The molecule has 7 nitrogen and oxygen atoms in total. The van der Waals surface area contributed by atoms with Crippen molar-refractivity contribution in [2.24, 2.45) is 5.41 Å². The van der Waals surface area contributed by atoms with Crippen LogP contribution in [-0.2, 0) is 29.2 Å². The highest BCUT2D eigenvalue weighted by Gasteiger charge is 2.52. The summed E-state index contributed by atoms with van der Waals surface area (Å²) < 4.78 is 76.5. The van der Waals surface area contributed by atoms with Crippen molar-refractivity contribution in [3.8, 4) is 0 Å². The maximum absolute atomic E-state index is 13.1. The number of esters is 2. The normalized spacial score (nSPS) is 14.2. The van der Waals surface area contributed by atoms with Crippen LogP contribution in [0.4, 0.5) is 13.2 Å². The van der Waals surface area contributed by atoms with Gasteiger partial charge in [0, 0.05) is 6.42 Å². The summed E-state index contributed by atoms with van der Waals surface area (Å²) in [6, 6.07) is 0. The molecule has 0 rings (SSSR count). The van der Waals surface area contributed by atoms with Crippen LogP contribution in [0.15, 0.2) is 0 Å². The molecule has 0 saturated heterocycles. The summed E-state index contributed by atoms with van der Waals surface area (Å²) in [6.07, 6.45) is -3.96. The van der Waals surface area contributed by atoms with Crippen molar-refractivity contribution in [2.45, 2.75) is 45.0 Å². The second-order valence-electron chi connectivity index (χ2n) is 5.33. The third-order valence-electron chi connectivity index (χ3n) is 3.10. The van der Waals surface area contributed by atoms with Gasteiger partial charge in [-0.3, -0.25) is 9.35 Å². The van der Waals surface area contributed by atoms with E-state index in [9.17, 15) is 31.2 Å². The Morgan fingerprint density at radius 3 is 2.17 bits per heavy atom. The molecular formula is C12H19F3O7S. The molecule has 1 unspecified atom stereocenters. The van der Waals surface area contributed by atoms with Gasteiger partial charge in [0.05, 0.1) is 12.0 Å². The van der Waals surface area contributed by atoms with E-state index in [0.29, 0.717) is 6.42 Å². The number of ether oxygens (including phenoxy) is 2. The molecule has 0 fully saturated rings. The fourth-order valence-electron chi connectivity index (χ4n) is 1.11. The number of alkyl halides is 3. The molecule has 23 heavy (non-hydrogen) atoms. The minimum atomic E-state index is -5.91. The zero-order valence-electron chi connectivity index (χ0n) is 12.8. The lowest BCUT2D eigenvalue weighted by Crippen LogP contribution is -2.39. The molecule has 0 aliphatic carbocycles. The highest BCUT2D eigenvalue weighted by atomic mass is 32.2. The van der Waals surface area contributed by atoms with E-state index in [-0.39, 0.29) is 0 Å². The first kappa shape index (κ1) is 21.6. The van der Waals surface area contributed by atoms with Crippen LogP contribution in [0.5, 0.6) is 0 Å². The van der Waals surface area contributed by atoms with Crippen LogP contribution < -0.4 is 0 Å². The Bertz CT molecular complexity index is 531. The summed E-state index contributed by atoms with van der Waals surface area (Å²) in [5, 5.41) is -5.00. The van der Waals surface area contributed by atoms with Crippen LogP contribution in [0.2, 0.25) is 0 Å². The van der Waals surface area contributed by atoms with Crippen molar-refractivity contribution >= 4 is 22.1 Å². The zero-order chi connectivity index (χ0) is 18.5. The van der Waals surface area contributed by atoms with Gasteiger partial charge in [-0.2, -0.15) is 17.2 Å². The molecule has 0 bridgehead atoms. The molecule has 0 aromatic carbocycles. The van der Waals surface area contributed by atoms with Gasteiger partial charge in [0.15, 0.2) is 12.8 Å². The number of hydrogen-bond acceptors (Lipinski definition) is 6. The van der Waals surface area contributed by atoms with Gasteiger partial charge in [0.1, 0.15) is 0 Å². The van der Waals surface area contributed by atoms with Crippen molar-refractivity contribution in [3.05, 3.63) is 0 Å². The maximum atomic E-state index is 13.1. The highest BCUT2D eigenvalue weighted by molar-refractivity contribution is 7.86. The average molecular weight is 364 g/mol. The second-order valence-corrected chi connectivity index (χ2v) is 6.82. The third-order valence-corrected chi connectivity index (χ3v) is 4.04. The zero-order valence-corrected chi connectivity index (χ0v) is 13.7. The molecule has 136 valence electrons. The molecule has 1 N–H and O–H groups in total. The first-order chi connectivity index (χ1) is 10.3. The second kappa shape index (κ2) is 7.95. The number of hydrogen-bond donors (Lipinski definition) is 1. The summed E-state index contributed by atoms with van der Waals surface area (Å²) in [5.74, 6) is -1.77. The van der Waals surface area contributed by atoms with Gasteiger partial charge < -0.3 is 9.47 Å². The van der Waals surface area contributed by atoms with Crippen LogP contribution >= 0.6 is 0 Å². The van der Waals surface area contributed by atoms with Crippen molar-refractivity contribution in [2.75, 3.05) is 13.2 Å². The average Bonchev–Trinajstić information content (AvgIpc) is 2.43. The van der Waals surface area contributed by atoms with E-state index < -0.39 is 58.5 Å². The van der Waals surface area contributed by atoms with E-state index in [1.165, 1.54) is 0 Å². The van der Waals surface area contributed by atoms with E-state index in [1.54, 1.807) is 20.8 Å². The molecule has 0 aromatic rings. The van der Waals surface area contributed by atoms with E-state index in [4.69, 9.17) is 4.55 Å². The van der Waals surface area contributed by atoms with Gasteiger partial charge in [-0.1, -0.05) is 6.92 Å². The Labute approximate surface area is 131 Å². The minimum absolute atomic E-state index is 0.454. The fraction of sp³-hybridized carbons (Fsp3) is 0.833. The minimum Gasteiger partial charge on any atom is -0.463 e. The lowest BCUT2D eigenvalue weighted by Gasteiger charge is -2.20. The first-order valence-electron chi connectivity index (χ1n) is 6.57. The molecule has 11 heteroatoms. The van der Waals surface area contributed by atoms with Crippen molar-refractivity contribution in [1.29, 1.82) is 0 Å². The van der Waals surface area contributed by atoms with Crippen LogP contribution in [-0.4, -0.2) is 49.5 Å². The number of carbonyl (C=O) groups is 2. The van der Waals surface area contributed by atoms with Gasteiger partial charge in [-0.25, -0.2) is 9.18 Å². The van der Waals surface area contributed by atoms with Gasteiger partial charge in [-0.15, -0.1) is 0 Å². The smallest absolute Gasteiger partial charge is 0.400 e. The SMILES string of the molecule is CCC(C)(C)C(=O)OCC(=O)OCCC(F)C(F)(F)S(=O)(=O)O. The molecule has 0 radical (unpaired) electrons. The largest absolute Gasteiger partial charge is 0.463 e.